The number of hydrogen-bond acceptors (Lipinski definition) is 7. The van der Waals surface area contributed by atoms with Gasteiger partial charge in [0.05, 0.1) is 36.6 Å². The maximum atomic E-state index is 11.6. The lowest BCUT2D eigenvalue weighted by Crippen LogP contribution is -2.31. The average molecular weight is 569 g/mol. The molecule has 0 aromatic carbocycles. The molecule has 1 fully saturated rings. The minimum atomic E-state index is -0.768. The summed E-state index contributed by atoms with van der Waals surface area (Å²) in [6, 6.07) is 0. The van der Waals surface area contributed by atoms with Crippen LogP contribution in [0.4, 0.5) is 0 Å². The lowest BCUT2D eigenvalue weighted by atomic mass is 9.98. The molecule has 0 bridgehead atoms. The minimum Gasteiger partial charge on any atom is -0.455 e. The van der Waals surface area contributed by atoms with Gasteiger partial charge >= 0.3 is 5.97 Å². The lowest BCUT2D eigenvalue weighted by molar-refractivity contribution is -0.139. The van der Waals surface area contributed by atoms with Crippen LogP contribution in [0.1, 0.15) is 149 Å². The van der Waals surface area contributed by atoms with Gasteiger partial charge in [-0.15, -0.1) is 0 Å². The molecule has 7 nitrogen and oxygen atoms in total. The smallest absolute Gasteiger partial charge is 0.334 e. The second kappa shape index (κ2) is 20.8. The van der Waals surface area contributed by atoms with Crippen LogP contribution >= 0.6 is 0 Å². The van der Waals surface area contributed by atoms with Gasteiger partial charge in [-0.3, -0.25) is 0 Å². The Hall–Kier alpha value is -0.990. The monoisotopic (exact) mass is 568 g/mol. The Kier molecular flexibility index (Phi) is 18.3. The first-order chi connectivity index (χ1) is 19.3. The lowest BCUT2D eigenvalue weighted by Gasteiger charge is -2.22. The fourth-order valence-corrected chi connectivity index (χ4v) is 6.05. The number of carbonyl (C=O) groups is 1. The van der Waals surface area contributed by atoms with Crippen LogP contribution in [0.15, 0.2) is 11.6 Å². The molecule has 0 spiro atoms. The number of unbranched alkanes of at least 4 members (excludes halogenated alkanes) is 11. The Morgan fingerprint density at radius 1 is 0.775 bits per heavy atom. The first-order valence-corrected chi connectivity index (χ1v) is 16.6. The van der Waals surface area contributed by atoms with Gasteiger partial charge in [-0.05, 0) is 57.9 Å². The second-order valence-electron chi connectivity index (χ2n) is 12.4. The van der Waals surface area contributed by atoms with E-state index in [0.29, 0.717) is 31.3 Å². The molecular formula is C33H60O7. The molecule has 7 heteroatoms. The van der Waals surface area contributed by atoms with Crippen LogP contribution < -0.4 is 0 Å². The van der Waals surface area contributed by atoms with Crippen LogP contribution in [-0.4, -0.2) is 69.1 Å². The van der Waals surface area contributed by atoms with Gasteiger partial charge < -0.3 is 29.9 Å². The van der Waals surface area contributed by atoms with Gasteiger partial charge in [-0.1, -0.05) is 90.4 Å². The fraction of sp³-hybridized carbons (Fsp3) is 0.909. The van der Waals surface area contributed by atoms with Gasteiger partial charge in [0.15, 0.2) is 0 Å². The van der Waals surface area contributed by atoms with Crippen molar-refractivity contribution in [2.24, 2.45) is 0 Å². The van der Waals surface area contributed by atoms with Gasteiger partial charge in [0.2, 0.25) is 0 Å². The van der Waals surface area contributed by atoms with E-state index in [2.05, 4.69) is 6.92 Å². The molecule has 2 rings (SSSR count). The second-order valence-corrected chi connectivity index (χ2v) is 12.4. The number of ether oxygens (including phenoxy) is 2. The Bertz CT molecular complexity index is 696. The number of cyclic esters (lactones) is 1. The molecule has 2 aliphatic heterocycles. The summed E-state index contributed by atoms with van der Waals surface area (Å²) in [7, 11) is 0. The van der Waals surface area contributed by atoms with E-state index in [1.165, 1.54) is 51.4 Å². The van der Waals surface area contributed by atoms with Crippen molar-refractivity contribution in [3.63, 3.8) is 0 Å². The van der Waals surface area contributed by atoms with E-state index in [9.17, 15) is 25.2 Å². The van der Waals surface area contributed by atoms with E-state index in [1.54, 1.807) is 0 Å². The first kappa shape index (κ1) is 35.2. The van der Waals surface area contributed by atoms with Gasteiger partial charge in [0.25, 0.3) is 0 Å². The highest BCUT2D eigenvalue weighted by molar-refractivity contribution is 5.90. The Morgan fingerprint density at radius 2 is 1.38 bits per heavy atom. The number of rotatable bonds is 24. The van der Waals surface area contributed by atoms with E-state index >= 15 is 0 Å². The van der Waals surface area contributed by atoms with Gasteiger partial charge in [-0.25, -0.2) is 4.79 Å². The third-order valence-corrected chi connectivity index (χ3v) is 8.64. The number of esters is 1. The standard InChI is InChI=1S/C33H60O7/c1-3-4-5-10-15-18-29(35)30(36)20-21-31(37)32-22-19-28(40-32)17-14-12-9-7-6-8-11-13-16-27(34)24-26-23-25(2)39-33(26)38/h23,25,27-32,34-37H,3-22,24H2,1-2H3/t25-,27-,28+,29?,30?,31-,32-/m0/s1. The first-order valence-electron chi connectivity index (χ1n) is 16.6. The van der Waals surface area contributed by atoms with Gasteiger partial charge in [0, 0.05) is 12.0 Å². The molecule has 0 aromatic heterocycles. The summed E-state index contributed by atoms with van der Waals surface area (Å²) in [6.07, 6.45) is 19.8. The van der Waals surface area contributed by atoms with E-state index in [1.807, 2.05) is 13.0 Å². The maximum Gasteiger partial charge on any atom is 0.334 e. The zero-order chi connectivity index (χ0) is 29.2. The summed E-state index contributed by atoms with van der Waals surface area (Å²) in [5, 5.41) is 41.2. The molecule has 234 valence electrons. The summed E-state index contributed by atoms with van der Waals surface area (Å²) in [4.78, 5) is 11.6. The van der Waals surface area contributed by atoms with E-state index in [4.69, 9.17) is 9.47 Å². The predicted molar refractivity (Wildman–Crippen MR) is 159 cm³/mol. The molecule has 0 aliphatic carbocycles. The molecule has 40 heavy (non-hydrogen) atoms. The van der Waals surface area contributed by atoms with Gasteiger partial charge in [0.1, 0.15) is 6.10 Å². The number of aliphatic hydroxyl groups is 4. The van der Waals surface area contributed by atoms with Crippen molar-refractivity contribution in [3.05, 3.63) is 11.6 Å². The molecule has 2 unspecified atom stereocenters. The summed E-state index contributed by atoms with van der Waals surface area (Å²) < 4.78 is 11.2. The molecule has 4 N–H and O–H groups in total. The SMILES string of the molecule is CCCCCCCC(O)C(O)CC[C@H](O)[C@@H]1CC[C@@H](CCCCCCCCCC[C@H](O)CC2=C[C@H](C)OC2=O)O1. The number of carbonyl (C=O) groups excluding carboxylic acids is 1. The molecule has 2 heterocycles. The summed E-state index contributed by atoms with van der Waals surface area (Å²) >= 11 is 0. The molecule has 2 aliphatic rings. The van der Waals surface area contributed by atoms with Crippen molar-refractivity contribution in [1.29, 1.82) is 0 Å². The fourth-order valence-electron chi connectivity index (χ4n) is 6.05. The zero-order valence-corrected chi connectivity index (χ0v) is 25.5. The van der Waals surface area contributed by atoms with Crippen molar-refractivity contribution >= 4 is 5.97 Å². The highest BCUT2D eigenvalue weighted by atomic mass is 16.5. The summed E-state index contributed by atoms with van der Waals surface area (Å²) in [5.41, 5.74) is 0.615. The third-order valence-electron chi connectivity index (χ3n) is 8.64. The zero-order valence-electron chi connectivity index (χ0n) is 25.5. The Balaban J connectivity index is 1.40. The highest BCUT2D eigenvalue weighted by Gasteiger charge is 2.31. The normalized spacial score (nSPS) is 24.1. The molecule has 1 saturated heterocycles. The van der Waals surface area contributed by atoms with Crippen LogP contribution in [0.3, 0.4) is 0 Å². The van der Waals surface area contributed by atoms with Crippen molar-refractivity contribution in [2.45, 2.75) is 191 Å². The van der Waals surface area contributed by atoms with Crippen LogP contribution in [0.2, 0.25) is 0 Å². The highest BCUT2D eigenvalue weighted by Crippen LogP contribution is 2.28. The van der Waals surface area contributed by atoms with Gasteiger partial charge in [-0.2, -0.15) is 0 Å². The summed E-state index contributed by atoms with van der Waals surface area (Å²) in [6.45, 7) is 4.02. The predicted octanol–water partition coefficient (Wildman–Crippen LogP) is 6.28. The number of aliphatic hydroxyl groups excluding tert-OH is 4. The van der Waals surface area contributed by atoms with Crippen LogP contribution in [-0.2, 0) is 14.3 Å². The molecule has 7 atom stereocenters. The van der Waals surface area contributed by atoms with Crippen LogP contribution in [0.5, 0.6) is 0 Å². The molecule has 0 saturated carbocycles. The maximum absolute atomic E-state index is 11.6. The minimum absolute atomic E-state index is 0.144. The molecule has 0 radical (unpaired) electrons. The van der Waals surface area contributed by atoms with E-state index in [-0.39, 0.29) is 24.3 Å². The quantitative estimate of drug-likeness (QED) is 0.0800. The van der Waals surface area contributed by atoms with Crippen LogP contribution in [0, 0.1) is 0 Å². The summed E-state index contributed by atoms with van der Waals surface area (Å²) in [5.74, 6) is -0.282. The molecular weight excluding hydrogens is 508 g/mol. The molecule has 0 amide bonds. The third kappa shape index (κ3) is 14.8. The number of hydrogen-bond donors (Lipinski definition) is 4. The Morgan fingerprint density at radius 3 is 2.02 bits per heavy atom. The largest absolute Gasteiger partial charge is 0.455 e. The van der Waals surface area contributed by atoms with E-state index in [0.717, 1.165) is 57.8 Å². The van der Waals surface area contributed by atoms with Crippen LogP contribution in [0.25, 0.3) is 0 Å². The Labute approximate surface area is 243 Å². The van der Waals surface area contributed by atoms with Crippen molar-refractivity contribution in [2.75, 3.05) is 0 Å². The average Bonchev–Trinajstić information content (AvgIpc) is 3.53. The topological polar surface area (TPSA) is 116 Å². The molecule has 0 aromatic rings. The van der Waals surface area contributed by atoms with E-state index < -0.39 is 24.4 Å². The van der Waals surface area contributed by atoms with Crippen molar-refractivity contribution < 1.29 is 34.7 Å². The van der Waals surface area contributed by atoms with Crippen molar-refractivity contribution in [1.82, 2.24) is 0 Å². The van der Waals surface area contributed by atoms with Crippen molar-refractivity contribution in [3.8, 4) is 0 Å².